The first-order valence-corrected chi connectivity index (χ1v) is 2.41. The SMILES string of the molecule is CC#C[C@H](O)CC. The third-order valence-corrected chi connectivity index (χ3v) is 0.698. The molecule has 40 valence electrons. The number of hydrogen-bond donors (Lipinski definition) is 1. The van der Waals surface area contributed by atoms with E-state index in [4.69, 9.17) is 5.11 Å². The van der Waals surface area contributed by atoms with Gasteiger partial charge in [0.25, 0.3) is 0 Å². The third kappa shape index (κ3) is 3.35. The Morgan fingerprint density at radius 2 is 2.29 bits per heavy atom. The minimum absolute atomic E-state index is 0.412. The Bertz CT molecular complexity index is 86.1. The molecule has 0 aromatic rings. The summed E-state index contributed by atoms with van der Waals surface area (Å²) in [6.07, 6.45) is 0.311. The smallest absolute Gasteiger partial charge is 0.114 e. The molecule has 0 aliphatic heterocycles. The van der Waals surface area contributed by atoms with Crippen molar-refractivity contribution in [3.8, 4) is 11.8 Å². The summed E-state index contributed by atoms with van der Waals surface area (Å²) in [5.74, 6) is 5.22. The lowest BCUT2D eigenvalue weighted by Crippen LogP contribution is -1.97. The normalized spacial score (nSPS) is 11.9. The highest BCUT2D eigenvalue weighted by Gasteiger charge is 1.87. The Labute approximate surface area is 44.4 Å². The molecule has 0 heterocycles. The zero-order valence-corrected chi connectivity index (χ0v) is 4.73. The van der Waals surface area contributed by atoms with Gasteiger partial charge < -0.3 is 5.11 Å². The van der Waals surface area contributed by atoms with Gasteiger partial charge in [0, 0.05) is 0 Å². The maximum atomic E-state index is 8.68. The fourth-order valence-corrected chi connectivity index (χ4v) is 0.269. The second kappa shape index (κ2) is 3.70. The molecule has 0 amide bonds. The monoisotopic (exact) mass is 98.1 g/mol. The zero-order valence-electron chi connectivity index (χ0n) is 4.73. The molecule has 0 saturated carbocycles. The van der Waals surface area contributed by atoms with Crippen molar-refractivity contribution in [2.45, 2.75) is 26.4 Å². The van der Waals surface area contributed by atoms with Crippen LogP contribution in [0.5, 0.6) is 0 Å². The van der Waals surface area contributed by atoms with Crippen LogP contribution in [0.2, 0.25) is 0 Å². The number of hydrogen-bond acceptors (Lipinski definition) is 1. The first kappa shape index (κ1) is 6.52. The van der Waals surface area contributed by atoms with Crippen LogP contribution in [0.25, 0.3) is 0 Å². The Morgan fingerprint density at radius 3 is 2.43 bits per heavy atom. The van der Waals surface area contributed by atoms with Crippen LogP contribution >= 0.6 is 0 Å². The highest BCUT2D eigenvalue weighted by Crippen LogP contribution is 1.83. The van der Waals surface area contributed by atoms with Gasteiger partial charge in [0.1, 0.15) is 6.10 Å². The highest BCUT2D eigenvalue weighted by atomic mass is 16.3. The molecule has 0 bridgehead atoms. The Balaban J connectivity index is 3.29. The van der Waals surface area contributed by atoms with E-state index in [0.29, 0.717) is 0 Å². The summed E-state index contributed by atoms with van der Waals surface area (Å²) >= 11 is 0. The maximum Gasteiger partial charge on any atom is 0.114 e. The summed E-state index contributed by atoms with van der Waals surface area (Å²) in [5.41, 5.74) is 0. The Hall–Kier alpha value is -0.480. The molecule has 7 heavy (non-hydrogen) atoms. The molecule has 0 rings (SSSR count). The summed E-state index contributed by atoms with van der Waals surface area (Å²) < 4.78 is 0. The van der Waals surface area contributed by atoms with E-state index in [9.17, 15) is 0 Å². The maximum absolute atomic E-state index is 8.68. The molecule has 0 saturated heterocycles. The van der Waals surface area contributed by atoms with E-state index in [1.54, 1.807) is 6.92 Å². The molecular formula is C6H10O. The van der Waals surface area contributed by atoms with Crippen LogP contribution in [0, 0.1) is 11.8 Å². The van der Waals surface area contributed by atoms with Crippen molar-refractivity contribution in [1.82, 2.24) is 0 Å². The van der Waals surface area contributed by atoms with Gasteiger partial charge in [-0.1, -0.05) is 12.8 Å². The molecule has 1 heteroatoms. The molecule has 0 aromatic carbocycles. The summed E-state index contributed by atoms with van der Waals surface area (Å²) in [6.45, 7) is 3.62. The van der Waals surface area contributed by atoms with Crippen molar-refractivity contribution in [2.24, 2.45) is 0 Å². The lowest BCUT2D eigenvalue weighted by atomic mass is 10.3. The molecule has 0 radical (unpaired) electrons. The molecule has 1 N–H and O–H groups in total. The van der Waals surface area contributed by atoms with Gasteiger partial charge in [-0.05, 0) is 13.3 Å². The van der Waals surface area contributed by atoms with Crippen molar-refractivity contribution in [2.75, 3.05) is 0 Å². The van der Waals surface area contributed by atoms with Gasteiger partial charge in [0.2, 0.25) is 0 Å². The van der Waals surface area contributed by atoms with Gasteiger partial charge in [-0.3, -0.25) is 0 Å². The molecule has 0 unspecified atom stereocenters. The van der Waals surface area contributed by atoms with Crippen LogP contribution in [-0.4, -0.2) is 11.2 Å². The lowest BCUT2D eigenvalue weighted by Gasteiger charge is -1.91. The van der Waals surface area contributed by atoms with Crippen LogP contribution < -0.4 is 0 Å². The van der Waals surface area contributed by atoms with E-state index in [2.05, 4.69) is 11.8 Å². The lowest BCUT2D eigenvalue weighted by molar-refractivity contribution is 0.228. The average molecular weight is 98.1 g/mol. The predicted octanol–water partition coefficient (Wildman–Crippen LogP) is 0.781. The van der Waals surface area contributed by atoms with Gasteiger partial charge in [0.05, 0.1) is 0 Å². The van der Waals surface area contributed by atoms with E-state index >= 15 is 0 Å². The minimum Gasteiger partial charge on any atom is -0.380 e. The third-order valence-electron chi connectivity index (χ3n) is 0.698. The molecule has 0 fully saturated rings. The van der Waals surface area contributed by atoms with Crippen molar-refractivity contribution < 1.29 is 5.11 Å². The van der Waals surface area contributed by atoms with Crippen LogP contribution in [0.15, 0.2) is 0 Å². The van der Waals surface area contributed by atoms with E-state index in [1.807, 2.05) is 6.92 Å². The van der Waals surface area contributed by atoms with Crippen LogP contribution in [0.3, 0.4) is 0 Å². The van der Waals surface area contributed by atoms with Gasteiger partial charge >= 0.3 is 0 Å². The summed E-state index contributed by atoms with van der Waals surface area (Å²) in [7, 11) is 0. The van der Waals surface area contributed by atoms with E-state index < -0.39 is 6.10 Å². The zero-order chi connectivity index (χ0) is 5.70. The standard InChI is InChI=1S/C6H10O/c1-3-5-6(7)4-2/h6-7H,4H2,1-2H3/t6-/m1/s1. The largest absolute Gasteiger partial charge is 0.380 e. The number of rotatable bonds is 1. The predicted molar refractivity (Wildman–Crippen MR) is 29.7 cm³/mol. The molecular weight excluding hydrogens is 88.1 g/mol. The Morgan fingerprint density at radius 1 is 1.71 bits per heavy atom. The van der Waals surface area contributed by atoms with Crippen molar-refractivity contribution in [3.05, 3.63) is 0 Å². The van der Waals surface area contributed by atoms with Gasteiger partial charge in [-0.25, -0.2) is 0 Å². The van der Waals surface area contributed by atoms with Crippen LogP contribution in [0.4, 0.5) is 0 Å². The fraction of sp³-hybridized carbons (Fsp3) is 0.667. The van der Waals surface area contributed by atoms with E-state index in [-0.39, 0.29) is 0 Å². The number of aliphatic hydroxyl groups excluding tert-OH is 1. The van der Waals surface area contributed by atoms with Crippen LogP contribution in [-0.2, 0) is 0 Å². The molecule has 0 aliphatic carbocycles. The van der Waals surface area contributed by atoms with Crippen molar-refractivity contribution in [3.63, 3.8) is 0 Å². The molecule has 1 atom stereocenters. The van der Waals surface area contributed by atoms with Crippen LogP contribution in [0.1, 0.15) is 20.3 Å². The summed E-state index contributed by atoms with van der Waals surface area (Å²) in [6, 6.07) is 0. The number of aliphatic hydroxyl groups is 1. The second-order valence-electron chi connectivity index (χ2n) is 1.32. The van der Waals surface area contributed by atoms with Crippen molar-refractivity contribution >= 4 is 0 Å². The topological polar surface area (TPSA) is 20.2 Å². The fourth-order valence-electron chi connectivity index (χ4n) is 0.269. The molecule has 0 spiro atoms. The molecule has 1 nitrogen and oxygen atoms in total. The van der Waals surface area contributed by atoms with Gasteiger partial charge in [-0.2, -0.15) is 0 Å². The first-order valence-electron chi connectivity index (χ1n) is 2.41. The summed E-state index contributed by atoms with van der Waals surface area (Å²) in [4.78, 5) is 0. The molecule has 0 aromatic heterocycles. The highest BCUT2D eigenvalue weighted by molar-refractivity contribution is 5.00. The van der Waals surface area contributed by atoms with Crippen molar-refractivity contribution in [1.29, 1.82) is 0 Å². The van der Waals surface area contributed by atoms with E-state index in [1.165, 1.54) is 0 Å². The second-order valence-corrected chi connectivity index (χ2v) is 1.32. The van der Waals surface area contributed by atoms with E-state index in [0.717, 1.165) is 6.42 Å². The van der Waals surface area contributed by atoms with Gasteiger partial charge in [-0.15, -0.1) is 5.92 Å². The average Bonchev–Trinajstić information content (AvgIpc) is 1.68. The van der Waals surface area contributed by atoms with Gasteiger partial charge in [0.15, 0.2) is 0 Å². The quantitative estimate of drug-likeness (QED) is 0.480. The minimum atomic E-state index is -0.412. The molecule has 0 aliphatic rings. The first-order chi connectivity index (χ1) is 3.31. The summed E-state index contributed by atoms with van der Waals surface area (Å²) in [5, 5.41) is 8.68. The Kier molecular flexibility index (Phi) is 3.45.